The van der Waals surface area contributed by atoms with Gasteiger partial charge in [-0.15, -0.1) is 11.3 Å². The minimum atomic E-state index is -0.231. The molecule has 0 aliphatic carbocycles. The van der Waals surface area contributed by atoms with Gasteiger partial charge in [0.15, 0.2) is 5.13 Å². The van der Waals surface area contributed by atoms with Gasteiger partial charge in [0.25, 0.3) is 0 Å². The molecule has 0 saturated heterocycles. The normalized spacial score (nSPS) is 10.8. The number of nitrogens with one attached hydrogen (secondary N) is 1. The van der Waals surface area contributed by atoms with Crippen molar-refractivity contribution in [3.05, 3.63) is 101 Å². The van der Waals surface area contributed by atoms with Gasteiger partial charge < -0.3 is 9.47 Å². The number of anilines is 1. The first kappa shape index (κ1) is 21.3. The molecule has 0 unspecified atom stereocenters. The summed E-state index contributed by atoms with van der Waals surface area (Å²) in [5, 5.41) is 5.27. The Balaban J connectivity index is 1.30. The molecule has 0 aliphatic rings. The van der Waals surface area contributed by atoms with E-state index in [-0.39, 0.29) is 5.91 Å². The monoisotopic (exact) mass is 442 g/mol. The molecule has 0 spiro atoms. The van der Waals surface area contributed by atoms with Crippen molar-refractivity contribution in [2.24, 2.45) is 0 Å². The Bertz CT molecular complexity index is 1180. The standard InChI is InChI=1S/C26H22N2O3S/c1-30-22-14-10-21(11-15-22)24-18-32-26(27-24)28-25(29)16-9-19-7-12-23(13-8-19)31-17-20-5-3-2-4-6-20/h2-16,18H,17H2,1H3,(H,27,28,29). The van der Waals surface area contributed by atoms with Gasteiger partial charge in [-0.3, -0.25) is 10.1 Å². The van der Waals surface area contributed by atoms with Crippen molar-refractivity contribution in [2.75, 3.05) is 12.4 Å². The summed E-state index contributed by atoms with van der Waals surface area (Å²) >= 11 is 1.39. The third kappa shape index (κ3) is 5.83. The van der Waals surface area contributed by atoms with Gasteiger partial charge in [-0.2, -0.15) is 0 Å². The van der Waals surface area contributed by atoms with Gasteiger partial charge in [0, 0.05) is 17.0 Å². The Morgan fingerprint density at radius 3 is 2.41 bits per heavy atom. The van der Waals surface area contributed by atoms with E-state index in [1.54, 1.807) is 13.2 Å². The molecule has 1 heterocycles. The number of hydrogen-bond donors (Lipinski definition) is 1. The number of ether oxygens (including phenoxy) is 2. The molecule has 0 aliphatic heterocycles. The molecule has 1 N–H and O–H groups in total. The van der Waals surface area contributed by atoms with Crippen molar-refractivity contribution in [1.82, 2.24) is 4.98 Å². The van der Waals surface area contributed by atoms with Crippen LogP contribution in [0, 0.1) is 0 Å². The Hall–Kier alpha value is -3.90. The minimum absolute atomic E-state index is 0.231. The average molecular weight is 443 g/mol. The van der Waals surface area contributed by atoms with Crippen LogP contribution in [-0.4, -0.2) is 18.0 Å². The lowest BCUT2D eigenvalue weighted by Crippen LogP contribution is -2.07. The highest BCUT2D eigenvalue weighted by molar-refractivity contribution is 7.14. The van der Waals surface area contributed by atoms with E-state index < -0.39 is 0 Å². The molecule has 0 fully saturated rings. The Kier molecular flexibility index (Phi) is 6.94. The van der Waals surface area contributed by atoms with E-state index in [9.17, 15) is 4.79 Å². The molecule has 32 heavy (non-hydrogen) atoms. The van der Waals surface area contributed by atoms with E-state index in [2.05, 4.69) is 10.3 Å². The Morgan fingerprint density at radius 2 is 1.69 bits per heavy atom. The Morgan fingerprint density at radius 1 is 0.969 bits per heavy atom. The zero-order chi connectivity index (χ0) is 22.2. The third-order valence-corrected chi connectivity index (χ3v) is 5.43. The van der Waals surface area contributed by atoms with Gasteiger partial charge in [-0.05, 0) is 53.6 Å². The molecule has 160 valence electrons. The molecule has 0 atom stereocenters. The summed E-state index contributed by atoms with van der Waals surface area (Å²) in [5.41, 5.74) is 3.80. The highest BCUT2D eigenvalue weighted by Crippen LogP contribution is 2.26. The van der Waals surface area contributed by atoms with Gasteiger partial charge in [-0.1, -0.05) is 42.5 Å². The van der Waals surface area contributed by atoms with Crippen LogP contribution in [-0.2, 0) is 11.4 Å². The smallest absolute Gasteiger partial charge is 0.250 e. The van der Waals surface area contributed by atoms with Crippen LogP contribution in [0.4, 0.5) is 5.13 Å². The maximum absolute atomic E-state index is 12.3. The molecule has 0 bridgehead atoms. The van der Waals surface area contributed by atoms with Crippen LogP contribution in [0.1, 0.15) is 11.1 Å². The van der Waals surface area contributed by atoms with E-state index in [0.717, 1.165) is 33.9 Å². The first-order chi connectivity index (χ1) is 15.7. The van der Waals surface area contributed by atoms with E-state index in [4.69, 9.17) is 9.47 Å². The number of amides is 1. The molecule has 4 rings (SSSR count). The maximum Gasteiger partial charge on any atom is 0.250 e. The summed E-state index contributed by atoms with van der Waals surface area (Å²) in [6.45, 7) is 0.519. The summed E-state index contributed by atoms with van der Waals surface area (Å²) in [6, 6.07) is 25.3. The zero-order valence-corrected chi connectivity index (χ0v) is 18.3. The fraction of sp³-hybridized carbons (Fsp3) is 0.0769. The maximum atomic E-state index is 12.3. The Labute approximate surface area is 191 Å². The number of carbonyl (C=O) groups excluding carboxylic acids is 1. The second kappa shape index (κ2) is 10.4. The highest BCUT2D eigenvalue weighted by Gasteiger charge is 2.07. The van der Waals surface area contributed by atoms with Crippen LogP contribution in [0.3, 0.4) is 0 Å². The number of rotatable bonds is 8. The lowest BCUT2D eigenvalue weighted by Gasteiger charge is -2.06. The van der Waals surface area contributed by atoms with Crippen molar-refractivity contribution >= 4 is 28.5 Å². The first-order valence-corrected chi connectivity index (χ1v) is 10.9. The molecule has 5 nitrogen and oxygen atoms in total. The predicted molar refractivity (Wildman–Crippen MR) is 129 cm³/mol. The SMILES string of the molecule is COc1ccc(-c2csc(NC(=O)C=Cc3ccc(OCc4ccccc4)cc3)n2)cc1. The molecule has 4 aromatic rings. The van der Waals surface area contributed by atoms with Gasteiger partial charge in [0.1, 0.15) is 18.1 Å². The molecule has 1 aromatic heterocycles. The molecule has 0 saturated carbocycles. The number of thiazole rings is 1. The molecule has 1 amide bonds. The fourth-order valence-corrected chi connectivity index (χ4v) is 3.68. The van der Waals surface area contributed by atoms with Crippen LogP contribution in [0.15, 0.2) is 90.3 Å². The first-order valence-electron chi connectivity index (χ1n) is 10.1. The second-order valence-electron chi connectivity index (χ2n) is 6.93. The van der Waals surface area contributed by atoms with Crippen molar-refractivity contribution < 1.29 is 14.3 Å². The number of benzene rings is 3. The van der Waals surface area contributed by atoms with Crippen LogP contribution in [0.5, 0.6) is 11.5 Å². The van der Waals surface area contributed by atoms with Crippen LogP contribution < -0.4 is 14.8 Å². The van der Waals surface area contributed by atoms with Gasteiger partial charge in [0.2, 0.25) is 5.91 Å². The summed E-state index contributed by atoms with van der Waals surface area (Å²) < 4.78 is 11.0. The fourth-order valence-electron chi connectivity index (χ4n) is 2.96. The lowest BCUT2D eigenvalue weighted by molar-refractivity contribution is -0.111. The summed E-state index contributed by atoms with van der Waals surface area (Å²) in [7, 11) is 1.63. The van der Waals surface area contributed by atoms with Gasteiger partial charge >= 0.3 is 0 Å². The largest absolute Gasteiger partial charge is 0.497 e. The summed E-state index contributed by atoms with van der Waals surface area (Å²) in [5.74, 6) is 1.34. The van der Waals surface area contributed by atoms with E-state index >= 15 is 0 Å². The number of methoxy groups -OCH3 is 1. The number of aromatic nitrogens is 1. The van der Waals surface area contributed by atoms with E-state index in [1.165, 1.54) is 17.4 Å². The number of nitrogens with zero attached hydrogens (tertiary/aromatic N) is 1. The van der Waals surface area contributed by atoms with Gasteiger partial charge in [-0.25, -0.2) is 4.98 Å². The van der Waals surface area contributed by atoms with Crippen molar-refractivity contribution in [3.8, 4) is 22.8 Å². The molecule has 6 heteroatoms. The topological polar surface area (TPSA) is 60.5 Å². The highest BCUT2D eigenvalue weighted by atomic mass is 32.1. The summed E-state index contributed by atoms with van der Waals surface area (Å²) in [4.78, 5) is 16.8. The molecule has 0 radical (unpaired) electrons. The van der Waals surface area contributed by atoms with E-state index in [1.807, 2.05) is 84.2 Å². The predicted octanol–water partition coefficient (Wildman–Crippen LogP) is 6.05. The van der Waals surface area contributed by atoms with Crippen LogP contribution >= 0.6 is 11.3 Å². The number of carbonyl (C=O) groups is 1. The van der Waals surface area contributed by atoms with Crippen LogP contribution in [0.2, 0.25) is 0 Å². The van der Waals surface area contributed by atoms with Gasteiger partial charge in [0.05, 0.1) is 12.8 Å². The minimum Gasteiger partial charge on any atom is -0.497 e. The number of hydrogen-bond acceptors (Lipinski definition) is 5. The molecule has 3 aromatic carbocycles. The molecular weight excluding hydrogens is 420 g/mol. The lowest BCUT2D eigenvalue weighted by atomic mass is 10.2. The third-order valence-electron chi connectivity index (χ3n) is 4.68. The van der Waals surface area contributed by atoms with Crippen molar-refractivity contribution in [1.29, 1.82) is 0 Å². The van der Waals surface area contributed by atoms with Crippen molar-refractivity contribution in [3.63, 3.8) is 0 Å². The second-order valence-corrected chi connectivity index (χ2v) is 7.79. The van der Waals surface area contributed by atoms with Crippen LogP contribution in [0.25, 0.3) is 17.3 Å². The quantitative estimate of drug-likeness (QED) is 0.338. The molecular formula is C26H22N2O3S. The van der Waals surface area contributed by atoms with Crippen molar-refractivity contribution in [2.45, 2.75) is 6.61 Å². The van der Waals surface area contributed by atoms with E-state index in [0.29, 0.717) is 11.7 Å². The summed E-state index contributed by atoms with van der Waals surface area (Å²) in [6.07, 6.45) is 3.25. The zero-order valence-electron chi connectivity index (χ0n) is 17.5. The average Bonchev–Trinajstić information content (AvgIpc) is 3.31.